The van der Waals surface area contributed by atoms with Gasteiger partial charge in [0.1, 0.15) is 0 Å². The molecule has 1 radical (unpaired) electrons. The van der Waals surface area contributed by atoms with Gasteiger partial charge in [-0.2, -0.15) is 5.26 Å². The van der Waals surface area contributed by atoms with E-state index in [1.807, 2.05) is 0 Å². The number of hydrogen-bond acceptors (Lipinski definition) is 3. The molecule has 0 aliphatic heterocycles. The standard InChI is InChI=1S/C4H6N2O2.Na/c1-2-8-4(7)6-3-5;/h2H2,1H3,(H,6,7);. The van der Waals surface area contributed by atoms with Crippen molar-refractivity contribution >= 4 is 35.7 Å². The van der Waals surface area contributed by atoms with E-state index < -0.39 is 6.09 Å². The molecule has 0 heterocycles. The van der Waals surface area contributed by atoms with Crippen molar-refractivity contribution in [2.45, 2.75) is 6.92 Å². The molecule has 0 aromatic rings. The van der Waals surface area contributed by atoms with Crippen molar-refractivity contribution in [3.8, 4) is 6.19 Å². The quantitative estimate of drug-likeness (QED) is 0.310. The number of amides is 1. The van der Waals surface area contributed by atoms with Gasteiger partial charge in [-0.25, -0.2) is 10.1 Å². The van der Waals surface area contributed by atoms with Crippen molar-refractivity contribution in [3.05, 3.63) is 0 Å². The molecule has 0 bridgehead atoms. The Balaban J connectivity index is 0. The minimum Gasteiger partial charge on any atom is -0.449 e. The Labute approximate surface area is 75.5 Å². The van der Waals surface area contributed by atoms with Gasteiger partial charge >= 0.3 is 6.09 Å². The molecule has 0 unspecified atom stereocenters. The van der Waals surface area contributed by atoms with Crippen molar-refractivity contribution in [2.24, 2.45) is 0 Å². The first-order valence-corrected chi connectivity index (χ1v) is 2.13. The third-order valence-corrected chi connectivity index (χ3v) is 0.433. The van der Waals surface area contributed by atoms with E-state index in [4.69, 9.17) is 5.26 Å². The molecule has 1 N–H and O–H groups in total. The number of nitriles is 1. The fraction of sp³-hybridized carbons (Fsp3) is 0.500. The van der Waals surface area contributed by atoms with Gasteiger partial charge in [-0.3, -0.25) is 0 Å². The van der Waals surface area contributed by atoms with Crippen LogP contribution in [-0.4, -0.2) is 42.3 Å². The molecule has 0 aromatic heterocycles. The fourth-order valence-corrected chi connectivity index (χ4v) is 0.213. The van der Waals surface area contributed by atoms with Crippen LogP contribution in [0.3, 0.4) is 0 Å². The first-order valence-electron chi connectivity index (χ1n) is 2.13. The van der Waals surface area contributed by atoms with Crippen LogP contribution >= 0.6 is 0 Å². The van der Waals surface area contributed by atoms with Gasteiger partial charge in [0.15, 0.2) is 6.19 Å². The maximum absolute atomic E-state index is 10.1. The van der Waals surface area contributed by atoms with E-state index in [2.05, 4.69) is 4.74 Å². The monoisotopic (exact) mass is 137 g/mol. The summed E-state index contributed by atoms with van der Waals surface area (Å²) in [5, 5.41) is 9.59. The molecule has 1 amide bonds. The van der Waals surface area contributed by atoms with Crippen molar-refractivity contribution in [1.82, 2.24) is 5.32 Å². The van der Waals surface area contributed by atoms with Crippen LogP contribution < -0.4 is 5.32 Å². The van der Waals surface area contributed by atoms with Gasteiger partial charge in [0, 0.05) is 29.6 Å². The number of hydrogen-bond donors (Lipinski definition) is 1. The zero-order valence-corrected chi connectivity index (χ0v) is 7.47. The molecule has 4 nitrogen and oxygen atoms in total. The van der Waals surface area contributed by atoms with E-state index in [9.17, 15) is 4.79 Å². The summed E-state index contributed by atoms with van der Waals surface area (Å²) >= 11 is 0. The second-order valence-electron chi connectivity index (χ2n) is 0.957. The number of nitrogens with zero attached hydrogens (tertiary/aromatic N) is 1. The van der Waals surface area contributed by atoms with Crippen molar-refractivity contribution in [1.29, 1.82) is 5.26 Å². The Kier molecular flexibility index (Phi) is 9.95. The molecule has 5 heteroatoms. The maximum atomic E-state index is 10.1. The number of rotatable bonds is 1. The maximum Gasteiger partial charge on any atom is 0.420 e. The molecule has 0 saturated heterocycles. The molecule has 45 valence electrons. The fourth-order valence-electron chi connectivity index (χ4n) is 0.213. The summed E-state index contributed by atoms with van der Waals surface area (Å²) in [7, 11) is 0. The summed E-state index contributed by atoms with van der Waals surface area (Å²) in [5.74, 6) is 0. The smallest absolute Gasteiger partial charge is 0.420 e. The van der Waals surface area contributed by atoms with Gasteiger partial charge in [-0.15, -0.1) is 0 Å². The molecule has 0 atom stereocenters. The van der Waals surface area contributed by atoms with Crippen molar-refractivity contribution in [3.63, 3.8) is 0 Å². The molecule has 9 heavy (non-hydrogen) atoms. The van der Waals surface area contributed by atoms with Gasteiger partial charge in [0.25, 0.3) is 0 Å². The Hall–Kier alpha value is -0.240. The molecule has 0 rings (SSSR count). The van der Waals surface area contributed by atoms with Gasteiger partial charge in [-0.1, -0.05) is 0 Å². The summed E-state index contributed by atoms with van der Waals surface area (Å²) in [6.45, 7) is 1.95. The second-order valence-corrected chi connectivity index (χ2v) is 0.957. The van der Waals surface area contributed by atoms with E-state index in [-0.39, 0.29) is 36.2 Å². The number of carbonyl (C=O) groups is 1. The van der Waals surface area contributed by atoms with Crippen LogP contribution in [0.15, 0.2) is 0 Å². The third kappa shape index (κ3) is 7.76. The van der Waals surface area contributed by atoms with Crippen LogP contribution in [-0.2, 0) is 4.74 Å². The number of carbonyl (C=O) groups excluding carboxylic acids is 1. The Morgan fingerprint density at radius 2 is 2.44 bits per heavy atom. The average Bonchev–Trinajstić information content (AvgIpc) is 1.68. The number of nitrogens with one attached hydrogen (secondary N) is 1. The minimum atomic E-state index is -0.699. The first kappa shape index (κ1) is 11.5. The van der Waals surface area contributed by atoms with E-state index in [0.717, 1.165) is 0 Å². The Bertz CT molecular complexity index is 120. The molecule has 0 aromatic carbocycles. The molecule has 0 fully saturated rings. The number of ether oxygens (including phenoxy) is 1. The molecular weight excluding hydrogens is 131 g/mol. The summed E-state index contributed by atoms with van der Waals surface area (Å²) in [6.07, 6.45) is 0.729. The molecular formula is C4H6N2NaO2. The van der Waals surface area contributed by atoms with Crippen molar-refractivity contribution in [2.75, 3.05) is 6.61 Å². The normalized spacial score (nSPS) is 6.22. The average molecular weight is 137 g/mol. The molecule has 0 spiro atoms. The van der Waals surface area contributed by atoms with Crippen LogP contribution in [0, 0.1) is 11.5 Å². The van der Waals surface area contributed by atoms with E-state index in [1.54, 1.807) is 12.2 Å². The van der Waals surface area contributed by atoms with Crippen LogP contribution in [0.4, 0.5) is 4.79 Å². The van der Waals surface area contributed by atoms with Crippen LogP contribution in [0.1, 0.15) is 6.92 Å². The van der Waals surface area contributed by atoms with Crippen LogP contribution in [0.25, 0.3) is 0 Å². The zero-order valence-electron chi connectivity index (χ0n) is 5.47. The Morgan fingerprint density at radius 1 is 1.89 bits per heavy atom. The minimum absolute atomic E-state index is 0. The predicted molar refractivity (Wildman–Crippen MR) is 31.5 cm³/mol. The molecule has 0 saturated carbocycles. The summed E-state index contributed by atoms with van der Waals surface area (Å²) in [4.78, 5) is 10.1. The van der Waals surface area contributed by atoms with Gasteiger partial charge in [0.05, 0.1) is 6.61 Å². The van der Waals surface area contributed by atoms with Crippen molar-refractivity contribution < 1.29 is 9.53 Å². The number of alkyl carbamates (subject to hydrolysis) is 1. The van der Waals surface area contributed by atoms with Crippen LogP contribution in [0.5, 0.6) is 0 Å². The third-order valence-electron chi connectivity index (χ3n) is 0.433. The van der Waals surface area contributed by atoms with Gasteiger partial charge in [-0.05, 0) is 6.92 Å². The Morgan fingerprint density at radius 3 is 2.78 bits per heavy atom. The summed E-state index contributed by atoms with van der Waals surface area (Å²) < 4.78 is 4.31. The molecule has 0 aliphatic rings. The molecule has 0 aliphatic carbocycles. The van der Waals surface area contributed by atoms with Gasteiger partial charge < -0.3 is 4.74 Å². The summed E-state index contributed by atoms with van der Waals surface area (Å²) in [6, 6.07) is 0. The largest absolute Gasteiger partial charge is 0.449 e. The second kappa shape index (κ2) is 7.76. The zero-order chi connectivity index (χ0) is 6.41. The van der Waals surface area contributed by atoms with E-state index in [0.29, 0.717) is 0 Å². The SMILES string of the molecule is CCOC(=O)NC#N.[Na]. The van der Waals surface area contributed by atoms with E-state index in [1.165, 1.54) is 6.19 Å². The summed E-state index contributed by atoms with van der Waals surface area (Å²) in [5.41, 5.74) is 0. The van der Waals surface area contributed by atoms with Crippen LogP contribution in [0.2, 0.25) is 0 Å². The topological polar surface area (TPSA) is 62.1 Å². The van der Waals surface area contributed by atoms with Gasteiger partial charge in [0.2, 0.25) is 0 Å². The van der Waals surface area contributed by atoms with E-state index >= 15 is 0 Å². The predicted octanol–water partition coefficient (Wildman–Crippen LogP) is -0.167. The first-order chi connectivity index (χ1) is 3.81.